The molecule has 1 saturated heterocycles. The first-order valence-electron chi connectivity index (χ1n) is 10.5. The maximum atomic E-state index is 11.6. The van der Waals surface area contributed by atoms with E-state index in [0.29, 0.717) is 25.9 Å². The number of allylic oxidation sites excluding steroid dienone is 2. The molecular formula is C23H39NO5. The van der Waals surface area contributed by atoms with Crippen molar-refractivity contribution in [1.82, 2.24) is 0 Å². The monoisotopic (exact) mass is 409 g/mol. The van der Waals surface area contributed by atoms with Crippen LogP contribution in [0.25, 0.3) is 0 Å². The number of carbonyl (C=O) groups excluding carboxylic acids is 1. The predicted molar refractivity (Wildman–Crippen MR) is 115 cm³/mol. The van der Waals surface area contributed by atoms with Gasteiger partial charge in [-0.25, -0.2) is 0 Å². The predicted octanol–water partition coefficient (Wildman–Crippen LogP) is 4.79. The standard InChI is InChI=1S/C23H39NO5/c1-17(2)11-14-22(5,26)18(3)8-7-13-23(6)21(29-19(4)25)10-9-20(16-28-23)12-15-24-27/h11-12,15,18,21,26-27H,7-10,13-14,16H2,1-6H3/b20-12+,24-15+/t18?,21-,22?,23+/m1/s1. The van der Waals surface area contributed by atoms with Crippen LogP contribution >= 0.6 is 0 Å². The average molecular weight is 410 g/mol. The Balaban J connectivity index is 2.78. The van der Waals surface area contributed by atoms with Crippen LogP contribution in [-0.2, 0) is 14.3 Å². The Morgan fingerprint density at radius 2 is 2.14 bits per heavy atom. The first-order valence-corrected chi connectivity index (χ1v) is 10.5. The van der Waals surface area contributed by atoms with E-state index >= 15 is 0 Å². The van der Waals surface area contributed by atoms with Crippen LogP contribution in [0.4, 0.5) is 0 Å². The number of hydrogen-bond donors (Lipinski definition) is 2. The smallest absolute Gasteiger partial charge is 0.303 e. The average Bonchev–Trinajstić information content (AvgIpc) is 2.78. The van der Waals surface area contributed by atoms with Gasteiger partial charge in [0.15, 0.2) is 0 Å². The van der Waals surface area contributed by atoms with Crippen molar-refractivity contribution in [3.05, 3.63) is 23.3 Å². The highest BCUT2D eigenvalue weighted by atomic mass is 16.6. The van der Waals surface area contributed by atoms with E-state index in [1.807, 2.05) is 27.7 Å². The first-order chi connectivity index (χ1) is 13.5. The molecule has 0 aromatic rings. The van der Waals surface area contributed by atoms with Gasteiger partial charge in [0, 0.05) is 6.92 Å². The van der Waals surface area contributed by atoms with E-state index in [4.69, 9.17) is 14.7 Å². The van der Waals surface area contributed by atoms with Gasteiger partial charge < -0.3 is 19.8 Å². The van der Waals surface area contributed by atoms with Crippen LogP contribution in [0.5, 0.6) is 0 Å². The molecule has 166 valence electrons. The highest BCUT2D eigenvalue weighted by molar-refractivity contribution is 5.71. The molecule has 6 nitrogen and oxygen atoms in total. The molecule has 2 unspecified atom stereocenters. The second kappa shape index (κ2) is 11.5. The molecule has 4 atom stereocenters. The second-order valence-corrected chi connectivity index (χ2v) is 8.96. The Hall–Kier alpha value is -1.66. The molecule has 0 bridgehead atoms. The largest absolute Gasteiger partial charge is 0.459 e. The molecule has 1 fully saturated rings. The fourth-order valence-electron chi connectivity index (χ4n) is 3.61. The van der Waals surface area contributed by atoms with Crippen molar-refractivity contribution in [1.29, 1.82) is 0 Å². The zero-order chi connectivity index (χ0) is 22.1. The van der Waals surface area contributed by atoms with Crippen LogP contribution < -0.4 is 0 Å². The minimum Gasteiger partial charge on any atom is -0.459 e. The van der Waals surface area contributed by atoms with Gasteiger partial charge in [0.05, 0.1) is 18.4 Å². The Labute approximate surface area is 175 Å². The molecule has 6 heteroatoms. The molecule has 0 aromatic heterocycles. The van der Waals surface area contributed by atoms with Gasteiger partial charge >= 0.3 is 5.97 Å². The maximum Gasteiger partial charge on any atom is 0.303 e. The van der Waals surface area contributed by atoms with E-state index in [0.717, 1.165) is 24.8 Å². The summed E-state index contributed by atoms with van der Waals surface area (Å²) in [5.41, 5.74) is 0.860. The summed E-state index contributed by atoms with van der Waals surface area (Å²) >= 11 is 0. The van der Waals surface area contributed by atoms with Crippen LogP contribution in [-0.4, -0.2) is 46.4 Å². The number of esters is 1. The SMILES string of the molecule is CC(=O)O[C@@H]1CC/C(=C\C=N\O)CO[C@@]1(C)CCCC(C)C(C)(O)CC=C(C)C. The summed E-state index contributed by atoms with van der Waals surface area (Å²) in [5, 5.41) is 22.4. The summed E-state index contributed by atoms with van der Waals surface area (Å²) in [6.07, 6.45) is 9.27. The quantitative estimate of drug-likeness (QED) is 0.188. The topological polar surface area (TPSA) is 88.4 Å². The van der Waals surface area contributed by atoms with Gasteiger partial charge in [0.2, 0.25) is 0 Å². The number of hydrogen-bond acceptors (Lipinski definition) is 6. The number of ether oxygens (including phenoxy) is 2. The summed E-state index contributed by atoms with van der Waals surface area (Å²) in [4.78, 5) is 11.6. The van der Waals surface area contributed by atoms with Gasteiger partial charge in [0.1, 0.15) is 11.7 Å². The summed E-state index contributed by atoms with van der Waals surface area (Å²) in [6, 6.07) is 0. The van der Waals surface area contributed by atoms with E-state index in [1.165, 1.54) is 18.7 Å². The molecule has 0 radical (unpaired) electrons. The Bertz CT molecular complexity index is 619. The fourth-order valence-corrected chi connectivity index (χ4v) is 3.61. The molecular weight excluding hydrogens is 370 g/mol. The Morgan fingerprint density at radius 3 is 2.72 bits per heavy atom. The zero-order valence-corrected chi connectivity index (χ0v) is 18.9. The lowest BCUT2D eigenvalue weighted by Gasteiger charge is -2.36. The third kappa shape index (κ3) is 8.70. The highest BCUT2D eigenvalue weighted by Gasteiger charge is 2.40. The molecule has 0 amide bonds. The first kappa shape index (κ1) is 25.4. The van der Waals surface area contributed by atoms with Crippen LogP contribution in [0.2, 0.25) is 0 Å². The Morgan fingerprint density at radius 1 is 1.45 bits per heavy atom. The number of rotatable bonds is 9. The molecule has 0 saturated carbocycles. The van der Waals surface area contributed by atoms with Crippen LogP contribution in [0.1, 0.15) is 80.1 Å². The number of carbonyl (C=O) groups is 1. The molecule has 2 N–H and O–H groups in total. The molecule has 0 aromatic carbocycles. The van der Waals surface area contributed by atoms with E-state index in [2.05, 4.69) is 18.2 Å². The molecule has 1 aliphatic rings. The summed E-state index contributed by atoms with van der Waals surface area (Å²) in [5.74, 6) is -0.178. The zero-order valence-electron chi connectivity index (χ0n) is 18.9. The van der Waals surface area contributed by atoms with Crippen LogP contribution in [0, 0.1) is 5.92 Å². The third-order valence-corrected chi connectivity index (χ3v) is 5.98. The minimum atomic E-state index is -0.753. The summed E-state index contributed by atoms with van der Waals surface area (Å²) in [6.45, 7) is 11.9. The minimum absolute atomic E-state index is 0.135. The van der Waals surface area contributed by atoms with Gasteiger partial charge in [-0.1, -0.05) is 30.1 Å². The van der Waals surface area contributed by atoms with Crippen molar-refractivity contribution in [2.75, 3.05) is 6.61 Å². The number of oxime groups is 1. The van der Waals surface area contributed by atoms with E-state index in [9.17, 15) is 9.90 Å². The second-order valence-electron chi connectivity index (χ2n) is 8.96. The van der Waals surface area contributed by atoms with Gasteiger partial charge in [-0.15, -0.1) is 0 Å². The van der Waals surface area contributed by atoms with Gasteiger partial charge in [-0.2, -0.15) is 0 Å². The summed E-state index contributed by atoms with van der Waals surface area (Å²) in [7, 11) is 0. The van der Waals surface area contributed by atoms with Crippen molar-refractivity contribution in [3.63, 3.8) is 0 Å². The van der Waals surface area contributed by atoms with Gasteiger partial charge in [-0.3, -0.25) is 4.79 Å². The van der Waals surface area contributed by atoms with Crippen molar-refractivity contribution < 1.29 is 24.6 Å². The fraction of sp³-hybridized carbons (Fsp3) is 0.739. The molecule has 1 heterocycles. The maximum absolute atomic E-state index is 11.6. The molecule has 1 rings (SSSR count). The van der Waals surface area contributed by atoms with Gasteiger partial charge in [0.25, 0.3) is 0 Å². The van der Waals surface area contributed by atoms with Crippen molar-refractivity contribution >= 4 is 12.2 Å². The van der Waals surface area contributed by atoms with E-state index in [-0.39, 0.29) is 18.0 Å². The van der Waals surface area contributed by atoms with E-state index < -0.39 is 11.2 Å². The highest BCUT2D eigenvalue weighted by Crippen LogP contribution is 2.35. The normalized spacial score (nSPS) is 27.3. The lowest BCUT2D eigenvalue weighted by Crippen LogP contribution is -2.44. The molecule has 29 heavy (non-hydrogen) atoms. The third-order valence-electron chi connectivity index (χ3n) is 5.98. The molecule has 1 aliphatic heterocycles. The van der Waals surface area contributed by atoms with Crippen molar-refractivity contribution in [2.24, 2.45) is 11.1 Å². The van der Waals surface area contributed by atoms with Gasteiger partial charge in [-0.05, 0) is 77.4 Å². The molecule has 0 aliphatic carbocycles. The summed E-state index contributed by atoms with van der Waals surface area (Å²) < 4.78 is 11.8. The number of nitrogens with zero attached hydrogens (tertiary/aromatic N) is 1. The van der Waals surface area contributed by atoms with Crippen molar-refractivity contribution in [2.45, 2.75) is 97.4 Å². The van der Waals surface area contributed by atoms with Crippen LogP contribution in [0.3, 0.4) is 0 Å². The van der Waals surface area contributed by atoms with E-state index in [1.54, 1.807) is 6.08 Å². The van der Waals surface area contributed by atoms with Crippen molar-refractivity contribution in [3.8, 4) is 0 Å². The Kier molecular flexibility index (Phi) is 10.1. The number of aliphatic hydroxyl groups is 1. The lowest BCUT2D eigenvalue weighted by atomic mass is 9.81. The lowest BCUT2D eigenvalue weighted by molar-refractivity contribution is -0.168. The van der Waals surface area contributed by atoms with Crippen LogP contribution in [0.15, 0.2) is 28.5 Å². The molecule has 0 spiro atoms.